The fraction of sp³-hybridized carbons (Fsp3) is 0.400. The molecule has 0 aliphatic carbocycles. The minimum absolute atomic E-state index is 0.0345. The third-order valence-corrected chi connectivity index (χ3v) is 3.40. The number of nitrogens with one attached hydrogen (secondary N) is 2. The molecular weight excluding hydrogens is 352 g/mol. The van der Waals surface area contributed by atoms with Gasteiger partial charge in [-0.3, -0.25) is 14.9 Å². The molecule has 0 spiro atoms. The van der Waals surface area contributed by atoms with Gasteiger partial charge in [0.25, 0.3) is 5.91 Å². The Morgan fingerprint density at radius 2 is 1.86 bits per heavy atom. The van der Waals surface area contributed by atoms with Crippen LogP contribution in [0.3, 0.4) is 0 Å². The third kappa shape index (κ3) is 7.21. The summed E-state index contributed by atoms with van der Waals surface area (Å²) in [5.41, 5.74) is 0.781. The van der Waals surface area contributed by atoms with Crippen LogP contribution in [0, 0.1) is 0 Å². The van der Waals surface area contributed by atoms with E-state index >= 15 is 0 Å². The molecule has 0 bridgehead atoms. The zero-order valence-electron chi connectivity index (χ0n) is 12.5. The maximum Gasteiger partial charge on any atom is 0.321 e. The van der Waals surface area contributed by atoms with E-state index in [0.717, 1.165) is 16.5 Å². The van der Waals surface area contributed by atoms with Crippen LogP contribution in [0.2, 0.25) is 0 Å². The van der Waals surface area contributed by atoms with Crippen LogP contribution in [0.1, 0.15) is 25.8 Å². The van der Waals surface area contributed by atoms with Gasteiger partial charge in [-0.2, -0.15) is 0 Å². The number of halogens is 1. The normalized spacial score (nSPS) is 11.4. The second kappa shape index (κ2) is 9.19. The molecule has 0 heterocycles. The lowest BCUT2D eigenvalue weighted by molar-refractivity contribution is -0.147. The summed E-state index contributed by atoms with van der Waals surface area (Å²) in [6.45, 7) is 3.25. The van der Waals surface area contributed by atoms with Gasteiger partial charge < -0.3 is 10.1 Å². The van der Waals surface area contributed by atoms with Gasteiger partial charge in [0.05, 0.1) is 6.42 Å². The number of carbonyl (C=O) groups is 3. The second-order valence-electron chi connectivity index (χ2n) is 4.79. The van der Waals surface area contributed by atoms with E-state index in [4.69, 9.17) is 4.74 Å². The van der Waals surface area contributed by atoms with Crippen molar-refractivity contribution in [2.45, 2.75) is 32.7 Å². The minimum Gasteiger partial charge on any atom is -0.455 e. The molecule has 0 saturated carbocycles. The molecule has 22 heavy (non-hydrogen) atoms. The minimum atomic E-state index is -0.662. The standard InChI is InChI=1S/C15H19BrN2O4/c1-3-10(2)17-15(21)18-13(19)9-22-14(20)8-11-4-6-12(16)7-5-11/h4-7,10H,3,8-9H2,1-2H3,(H2,17,18,19,21)/t10-/m1/s1. The van der Waals surface area contributed by atoms with Crippen molar-refractivity contribution in [3.63, 3.8) is 0 Å². The number of benzene rings is 1. The molecule has 3 amide bonds. The molecule has 0 fully saturated rings. The largest absolute Gasteiger partial charge is 0.455 e. The molecule has 1 aromatic carbocycles. The maximum absolute atomic E-state index is 11.6. The molecule has 6 nitrogen and oxygen atoms in total. The number of esters is 1. The molecule has 0 unspecified atom stereocenters. The van der Waals surface area contributed by atoms with E-state index in [2.05, 4.69) is 26.6 Å². The van der Waals surface area contributed by atoms with Gasteiger partial charge in [-0.05, 0) is 31.0 Å². The van der Waals surface area contributed by atoms with Gasteiger partial charge in [-0.1, -0.05) is 35.0 Å². The zero-order valence-corrected chi connectivity index (χ0v) is 14.1. The molecule has 0 aliphatic rings. The fourth-order valence-corrected chi connectivity index (χ4v) is 1.75. The Kier molecular flexibility index (Phi) is 7.59. The van der Waals surface area contributed by atoms with Gasteiger partial charge in [0.15, 0.2) is 6.61 Å². The van der Waals surface area contributed by atoms with Crippen molar-refractivity contribution >= 4 is 33.8 Å². The lowest BCUT2D eigenvalue weighted by atomic mass is 10.2. The number of hydrogen-bond donors (Lipinski definition) is 2. The molecule has 1 atom stereocenters. The van der Waals surface area contributed by atoms with Gasteiger partial charge in [0, 0.05) is 10.5 Å². The monoisotopic (exact) mass is 370 g/mol. The average Bonchev–Trinajstić information content (AvgIpc) is 2.47. The first kappa shape index (κ1) is 18.2. The van der Waals surface area contributed by atoms with Crippen molar-refractivity contribution in [3.05, 3.63) is 34.3 Å². The topological polar surface area (TPSA) is 84.5 Å². The van der Waals surface area contributed by atoms with Crippen molar-refractivity contribution in [2.24, 2.45) is 0 Å². The van der Waals surface area contributed by atoms with Crippen LogP contribution in [0.15, 0.2) is 28.7 Å². The highest BCUT2D eigenvalue weighted by atomic mass is 79.9. The summed E-state index contributed by atoms with van der Waals surface area (Å²) in [6.07, 6.45) is 0.823. The lowest BCUT2D eigenvalue weighted by Crippen LogP contribution is -2.44. The number of ether oxygens (including phenoxy) is 1. The van der Waals surface area contributed by atoms with Gasteiger partial charge in [0.1, 0.15) is 0 Å². The lowest BCUT2D eigenvalue weighted by Gasteiger charge is -2.11. The van der Waals surface area contributed by atoms with E-state index in [-0.39, 0.29) is 12.5 Å². The number of carbonyl (C=O) groups excluding carboxylic acids is 3. The Balaban J connectivity index is 2.30. The summed E-state index contributed by atoms with van der Waals surface area (Å²) in [5.74, 6) is -1.19. The predicted octanol–water partition coefficient (Wildman–Crippen LogP) is 2.16. The molecule has 2 N–H and O–H groups in total. The third-order valence-electron chi connectivity index (χ3n) is 2.87. The molecular formula is C15H19BrN2O4. The Labute approximate surface area is 137 Å². The van der Waals surface area contributed by atoms with Crippen molar-refractivity contribution in [2.75, 3.05) is 6.61 Å². The first-order valence-corrected chi connectivity index (χ1v) is 7.70. The van der Waals surface area contributed by atoms with E-state index in [0.29, 0.717) is 0 Å². The van der Waals surface area contributed by atoms with E-state index in [1.807, 2.05) is 26.0 Å². The summed E-state index contributed by atoms with van der Waals surface area (Å²) in [4.78, 5) is 34.5. The average molecular weight is 371 g/mol. The van der Waals surface area contributed by atoms with E-state index in [1.165, 1.54) is 0 Å². The molecule has 7 heteroatoms. The van der Waals surface area contributed by atoms with Gasteiger partial charge in [-0.25, -0.2) is 4.79 Å². The van der Waals surface area contributed by atoms with E-state index in [1.54, 1.807) is 12.1 Å². The first-order chi connectivity index (χ1) is 10.4. The molecule has 0 aliphatic heterocycles. The van der Waals surface area contributed by atoms with Crippen molar-refractivity contribution in [1.82, 2.24) is 10.6 Å². The Morgan fingerprint density at radius 1 is 1.23 bits per heavy atom. The highest BCUT2D eigenvalue weighted by Gasteiger charge is 2.12. The number of urea groups is 1. The quantitative estimate of drug-likeness (QED) is 0.751. The van der Waals surface area contributed by atoms with Crippen LogP contribution in [0.5, 0.6) is 0 Å². The highest BCUT2D eigenvalue weighted by molar-refractivity contribution is 9.10. The van der Waals surface area contributed by atoms with Crippen LogP contribution in [-0.2, 0) is 20.7 Å². The van der Waals surface area contributed by atoms with Crippen LogP contribution < -0.4 is 10.6 Å². The Morgan fingerprint density at radius 3 is 2.45 bits per heavy atom. The van der Waals surface area contributed by atoms with E-state index in [9.17, 15) is 14.4 Å². The number of amides is 3. The number of rotatable bonds is 6. The summed E-state index contributed by atoms with van der Waals surface area (Å²) < 4.78 is 5.74. The highest BCUT2D eigenvalue weighted by Crippen LogP contribution is 2.11. The van der Waals surface area contributed by atoms with Crippen LogP contribution in [0.25, 0.3) is 0 Å². The van der Waals surface area contributed by atoms with Gasteiger partial charge in [-0.15, -0.1) is 0 Å². The van der Waals surface area contributed by atoms with E-state index < -0.39 is 24.5 Å². The molecule has 0 saturated heterocycles. The SMILES string of the molecule is CC[C@@H](C)NC(=O)NC(=O)COC(=O)Cc1ccc(Br)cc1. The van der Waals surface area contributed by atoms with Crippen molar-refractivity contribution in [1.29, 1.82) is 0 Å². The van der Waals surface area contributed by atoms with Gasteiger partial charge in [0.2, 0.25) is 0 Å². The molecule has 120 valence electrons. The van der Waals surface area contributed by atoms with Gasteiger partial charge >= 0.3 is 12.0 Å². The second-order valence-corrected chi connectivity index (χ2v) is 5.71. The van der Waals surface area contributed by atoms with Crippen molar-refractivity contribution < 1.29 is 19.1 Å². The van der Waals surface area contributed by atoms with Crippen LogP contribution in [0.4, 0.5) is 4.79 Å². The number of imide groups is 1. The fourth-order valence-electron chi connectivity index (χ4n) is 1.49. The summed E-state index contributed by atoms with van der Waals surface area (Å²) in [6, 6.07) is 6.56. The Bertz CT molecular complexity index is 531. The summed E-state index contributed by atoms with van der Waals surface area (Å²) in [5, 5.41) is 4.68. The summed E-state index contributed by atoms with van der Waals surface area (Å²) >= 11 is 3.30. The molecule has 0 radical (unpaired) electrons. The molecule has 0 aromatic heterocycles. The van der Waals surface area contributed by atoms with Crippen molar-refractivity contribution in [3.8, 4) is 0 Å². The summed E-state index contributed by atoms with van der Waals surface area (Å²) in [7, 11) is 0. The first-order valence-electron chi connectivity index (χ1n) is 6.91. The van der Waals surface area contributed by atoms with Crippen LogP contribution >= 0.6 is 15.9 Å². The number of hydrogen-bond acceptors (Lipinski definition) is 4. The zero-order chi connectivity index (χ0) is 16.5. The molecule has 1 rings (SSSR count). The molecule has 1 aromatic rings. The van der Waals surface area contributed by atoms with Crippen LogP contribution in [-0.4, -0.2) is 30.6 Å². The predicted molar refractivity (Wildman–Crippen MR) is 85.2 cm³/mol. The Hall–Kier alpha value is -1.89. The maximum atomic E-state index is 11.6. The smallest absolute Gasteiger partial charge is 0.321 e.